The minimum atomic E-state index is -4.51. The monoisotopic (exact) mass is 354 g/mol. The van der Waals surface area contributed by atoms with Gasteiger partial charge >= 0.3 is 12.1 Å². The van der Waals surface area contributed by atoms with Gasteiger partial charge in [0, 0.05) is 17.1 Å². The number of aromatic nitrogens is 1. The SMILES string of the molecule is Cc1cc(C(=O)OCC(=O)NCC(F)(F)F)c(C)n1-c1ccccc1. The van der Waals surface area contributed by atoms with Crippen LogP contribution in [-0.2, 0) is 9.53 Å². The van der Waals surface area contributed by atoms with Crippen molar-refractivity contribution in [3.05, 3.63) is 53.3 Å². The van der Waals surface area contributed by atoms with Gasteiger partial charge in [-0.1, -0.05) is 18.2 Å². The number of hydrogen-bond donors (Lipinski definition) is 1. The summed E-state index contributed by atoms with van der Waals surface area (Å²) in [5, 5.41) is 1.64. The standard InChI is InChI=1S/C17H17F3N2O3/c1-11-8-14(12(2)22(11)13-6-4-3-5-7-13)16(24)25-9-15(23)21-10-17(18,19)20/h3-8H,9-10H2,1-2H3,(H,21,23). The van der Waals surface area contributed by atoms with E-state index in [2.05, 4.69) is 0 Å². The van der Waals surface area contributed by atoms with E-state index in [0.717, 1.165) is 11.4 Å². The normalized spacial score (nSPS) is 11.2. The largest absolute Gasteiger partial charge is 0.452 e. The number of halogens is 3. The third kappa shape index (κ3) is 4.85. The number of aryl methyl sites for hydroxylation is 1. The van der Waals surface area contributed by atoms with Crippen molar-refractivity contribution in [2.75, 3.05) is 13.2 Å². The highest BCUT2D eigenvalue weighted by atomic mass is 19.4. The van der Waals surface area contributed by atoms with Gasteiger partial charge in [0.1, 0.15) is 6.54 Å². The van der Waals surface area contributed by atoms with Crippen LogP contribution >= 0.6 is 0 Å². The van der Waals surface area contributed by atoms with Crippen LogP contribution in [0.3, 0.4) is 0 Å². The third-order valence-corrected chi connectivity index (χ3v) is 3.49. The van der Waals surface area contributed by atoms with E-state index in [0.29, 0.717) is 5.69 Å². The maximum Gasteiger partial charge on any atom is 0.405 e. The van der Waals surface area contributed by atoms with Crippen LogP contribution in [-0.4, -0.2) is 35.8 Å². The summed E-state index contributed by atoms with van der Waals surface area (Å²) in [6, 6.07) is 10.9. The van der Waals surface area contributed by atoms with Gasteiger partial charge in [-0.2, -0.15) is 13.2 Å². The predicted molar refractivity (Wildman–Crippen MR) is 84.6 cm³/mol. The van der Waals surface area contributed by atoms with Crippen LogP contribution in [0.4, 0.5) is 13.2 Å². The first kappa shape index (κ1) is 18.6. The number of para-hydroxylation sites is 1. The zero-order valence-electron chi connectivity index (χ0n) is 13.7. The van der Waals surface area contributed by atoms with Crippen molar-refractivity contribution in [3.8, 4) is 5.69 Å². The molecule has 0 radical (unpaired) electrons. The summed E-state index contributed by atoms with van der Waals surface area (Å²) in [5.41, 5.74) is 2.52. The molecule has 0 spiro atoms. The zero-order valence-corrected chi connectivity index (χ0v) is 13.7. The number of ether oxygens (including phenoxy) is 1. The van der Waals surface area contributed by atoms with Crippen molar-refractivity contribution < 1.29 is 27.5 Å². The molecule has 134 valence electrons. The second-order valence-corrected chi connectivity index (χ2v) is 5.42. The van der Waals surface area contributed by atoms with E-state index in [4.69, 9.17) is 4.74 Å². The Bertz CT molecular complexity index is 767. The van der Waals surface area contributed by atoms with Gasteiger partial charge in [0.15, 0.2) is 6.61 Å². The highest BCUT2D eigenvalue weighted by Crippen LogP contribution is 2.21. The molecule has 1 amide bonds. The second-order valence-electron chi connectivity index (χ2n) is 5.42. The summed E-state index contributed by atoms with van der Waals surface area (Å²) in [7, 11) is 0. The van der Waals surface area contributed by atoms with Crippen LogP contribution in [0.25, 0.3) is 5.69 Å². The Morgan fingerprint density at radius 1 is 1.16 bits per heavy atom. The highest BCUT2D eigenvalue weighted by molar-refractivity contribution is 5.93. The Morgan fingerprint density at radius 2 is 1.80 bits per heavy atom. The zero-order chi connectivity index (χ0) is 18.6. The molecule has 25 heavy (non-hydrogen) atoms. The number of benzene rings is 1. The number of amides is 1. The number of rotatable bonds is 5. The number of nitrogens with zero attached hydrogens (tertiary/aromatic N) is 1. The lowest BCUT2D eigenvalue weighted by molar-refractivity contribution is -0.140. The van der Waals surface area contributed by atoms with Crippen molar-refractivity contribution in [3.63, 3.8) is 0 Å². The van der Waals surface area contributed by atoms with Crippen molar-refractivity contribution >= 4 is 11.9 Å². The molecule has 0 atom stereocenters. The molecule has 1 aromatic carbocycles. The van der Waals surface area contributed by atoms with E-state index >= 15 is 0 Å². The molecule has 0 bridgehead atoms. The first-order valence-corrected chi connectivity index (χ1v) is 7.44. The van der Waals surface area contributed by atoms with Crippen LogP contribution in [0, 0.1) is 13.8 Å². The molecule has 0 aliphatic heterocycles. The molecule has 1 heterocycles. The fourth-order valence-electron chi connectivity index (χ4n) is 2.40. The lowest BCUT2D eigenvalue weighted by Gasteiger charge is -2.10. The van der Waals surface area contributed by atoms with Gasteiger partial charge in [0.25, 0.3) is 5.91 Å². The van der Waals surface area contributed by atoms with E-state index in [1.54, 1.807) is 18.3 Å². The molecule has 2 rings (SSSR count). The molecular formula is C17H17F3N2O3. The van der Waals surface area contributed by atoms with Crippen LogP contribution in [0.5, 0.6) is 0 Å². The van der Waals surface area contributed by atoms with Crippen molar-refractivity contribution in [1.29, 1.82) is 0 Å². The molecule has 1 aromatic heterocycles. The van der Waals surface area contributed by atoms with Crippen LogP contribution in [0.2, 0.25) is 0 Å². The maximum absolute atomic E-state index is 12.1. The van der Waals surface area contributed by atoms with Gasteiger partial charge in [-0.05, 0) is 32.0 Å². The summed E-state index contributed by atoms with van der Waals surface area (Å²) in [4.78, 5) is 23.4. The average molecular weight is 354 g/mol. The first-order chi connectivity index (χ1) is 11.7. The molecule has 5 nitrogen and oxygen atoms in total. The van der Waals surface area contributed by atoms with Crippen LogP contribution in [0.1, 0.15) is 21.7 Å². The van der Waals surface area contributed by atoms with E-state index in [-0.39, 0.29) is 5.56 Å². The van der Waals surface area contributed by atoms with Crippen LogP contribution < -0.4 is 5.32 Å². The number of carbonyl (C=O) groups is 2. The number of esters is 1. The molecular weight excluding hydrogens is 337 g/mol. The summed E-state index contributed by atoms with van der Waals surface area (Å²) >= 11 is 0. The third-order valence-electron chi connectivity index (χ3n) is 3.49. The van der Waals surface area contributed by atoms with Gasteiger partial charge in [0.2, 0.25) is 0 Å². The van der Waals surface area contributed by atoms with Gasteiger partial charge in [-0.25, -0.2) is 4.79 Å². The van der Waals surface area contributed by atoms with E-state index < -0.39 is 31.2 Å². The molecule has 0 saturated heterocycles. The van der Waals surface area contributed by atoms with Crippen molar-refractivity contribution in [1.82, 2.24) is 9.88 Å². The van der Waals surface area contributed by atoms with Gasteiger partial charge in [0.05, 0.1) is 5.56 Å². The van der Waals surface area contributed by atoms with E-state index in [9.17, 15) is 22.8 Å². The number of carbonyl (C=O) groups excluding carboxylic acids is 2. The molecule has 0 saturated carbocycles. The summed E-state index contributed by atoms with van der Waals surface area (Å²) < 4.78 is 42.7. The summed E-state index contributed by atoms with van der Waals surface area (Å²) in [6.45, 7) is 1.29. The molecule has 0 aliphatic rings. The Hall–Kier alpha value is -2.77. The smallest absolute Gasteiger partial charge is 0.405 e. The molecule has 0 fully saturated rings. The average Bonchev–Trinajstić information content (AvgIpc) is 2.85. The fourth-order valence-corrected chi connectivity index (χ4v) is 2.40. The van der Waals surface area contributed by atoms with Crippen molar-refractivity contribution in [2.24, 2.45) is 0 Å². The summed E-state index contributed by atoms with van der Waals surface area (Å²) in [6.07, 6.45) is -4.51. The Balaban J connectivity index is 2.05. The molecule has 1 N–H and O–H groups in total. The summed E-state index contributed by atoms with van der Waals surface area (Å²) in [5.74, 6) is -1.78. The van der Waals surface area contributed by atoms with Gasteiger partial charge in [-0.15, -0.1) is 0 Å². The number of nitrogens with one attached hydrogen (secondary N) is 1. The Morgan fingerprint density at radius 3 is 2.40 bits per heavy atom. The Labute approximate surface area is 142 Å². The highest BCUT2D eigenvalue weighted by Gasteiger charge is 2.28. The molecule has 8 heteroatoms. The lowest BCUT2D eigenvalue weighted by atomic mass is 10.2. The lowest BCUT2D eigenvalue weighted by Crippen LogP contribution is -2.36. The minimum Gasteiger partial charge on any atom is -0.452 e. The molecule has 0 aliphatic carbocycles. The Kier molecular flexibility index (Phi) is 5.51. The van der Waals surface area contributed by atoms with Crippen molar-refractivity contribution in [2.45, 2.75) is 20.0 Å². The van der Waals surface area contributed by atoms with Gasteiger partial charge < -0.3 is 14.6 Å². The molecule has 2 aromatic rings. The van der Waals surface area contributed by atoms with E-state index in [1.807, 2.05) is 41.8 Å². The number of alkyl halides is 3. The fraction of sp³-hybridized carbons (Fsp3) is 0.294. The first-order valence-electron chi connectivity index (χ1n) is 7.44. The van der Waals surface area contributed by atoms with Crippen LogP contribution in [0.15, 0.2) is 36.4 Å². The second kappa shape index (κ2) is 7.42. The van der Waals surface area contributed by atoms with E-state index in [1.165, 1.54) is 0 Å². The molecule has 0 unspecified atom stereocenters. The van der Waals surface area contributed by atoms with Gasteiger partial charge in [-0.3, -0.25) is 4.79 Å². The number of hydrogen-bond acceptors (Lipinski definition) is 3. The maximum atomic E-state index is 12.1. The minimum absolute atomic E-state index is 0.255. The quantitative estimate of drug-likeness (QED) is 0.840. The predicted octanol–water partition coefficient (Wildman–Crippen LogP) is 2.93. The topological polar surface area (TPSA) is 60.3 Å².